The van der Waals surface area contributed by atoms with Crippen molar-refractivity contribution in [2.75, 3.05) is 6.54 Å². The zero-order valence-electron chi connectivity index (χ0n) is 12.3. The number of hydrogen-bond donors (Lipinski definition) is 2. The van der Waals surface area contributed by atoms with Gasteiger partial charge in [0.2, 0.25) is 0 Å². The van der Waals surface area contributed by atoms with Gasteiger partial charge in [0.25, 0.3) is 0 Å². The van der Waals surface area contributed by atoms with Crippen LogP contribution in [-0.2, 0) is 0 Å². The van der Waals surface area contributed by atoms with Gasteiger partial charge in [-0.2, -0.15) is 0 Å². The summed E-state index contributed by atoms with van der Waals surface area (Å²) in [4.78, 5) is 6.47. The molecule has 6 heteroatoms. The number of benzene rings is 1. The lowest BCUT2D eigenvalue weighted by Gasteiger charge is -2.22. The summed E-state index contributed by atoms with van der Waals surface area (Å²) in [5, 5.41) is 21.1. The standard InChI is InChI=1S/C16H16BrN3OS/c1-9(2)20-7-13(21)14(15(20)18)16-19-12(8-22-16)10-3-5-11(17)6-4-10/h3-6,8-9,18,21H,7H2,1-2H3. The Labute approximate surface area is 141 Å². The summed E-state index contributed by atoms with van der Waals surface area (Å²) in [6.45, 7) is 4.42. The van der Waals surface area contributed by atoms with Crippen LogP contribution in [-0.4, -0.2) is 33.4 Å². The molecule has 2 heterocycles. The molecule has 1 aromatic carbocycles. The van der Waals surface area contributed by atoms with E-state index in [-0.39, 0.29) is 11.8 Å². The van der Waals surface area contributed by atoms with E-state index in [0.717, 1.165) is 15.7 Å². The zero-order chi connectivity index (χ0) is 15.9. The first kappa shape index (κ1) is 15.2. The van der Waals surface area contributed by atoms with E-state index >= 15 is 0 Å². The summed E-state index contributed by atoms with van der Waals surface area (Å²) >= 11 is 4.88. The van der Waals surface area contributed by atoms with Gasteiger partial charge in [-0.05, 0) is 26.0 Å². The molecule has 2 N–H and O–H groups in total. The Kier molecular flexibility index (Phi) is 4.06. The fourth-order valence-corrected chi connectivity index (χ4v) is 3.57. The van der Waals surface area contributed by atoms with Gasteiger partial charge >= 0.3 is 0 Å². The Morgan fingerprint density at radius 3 is 2.59 bits per heavy atom. The van der Waals surface area contributed by atoms with Crippen LogP contribution in [0.1, 0.15) is 18.9 Å². The fraction of sp³-hybridized carbons (Fsp3) is 0.250. The van der Waals surface area contributed by atoms with E-state index in [0.29, 0.717) is 23.0 Å². The summed E-state index contributed by atoms with van der Waals surface area (Å²) < 4.78 is 1.03. The van der Waals surface area contributed by atoms with Gasteiger partial charge in [-0.3, -0.25) is 5.41 Å². The minimum Gasteiger partial charge on any atom is -0.510 e. The van der Waals surface area contributed by atoms with Gasteiger partial charge in [0.15, 0.2) is 0 Å². The number of rotatable bonds is 3. The second-order valence-electron chi connectivity index (χ2n) is 5.44. The Morgan fingerprint density at radius 2 is 2.00 bits per heavy atom. The molecule has 0 radical (unpaired) electrons. The molecule has 0 aliphatic carbocycles. The first-order valence-corrected chi connectivity index (χ1v) is 8.64. The largest absolute Gasteiger partial charge is 0.510 e. The monoisotopic (exact) mass is 377 g/mol. The van der Waals surface area contributed by atoms with Crippen LogP contribution in [0.5, 0.6) is 0 Å². The molecule has 0 spiro atoms. The van der Waals surface area contributed by atoms with Crippen LogP contribution in [0.2, 0.25) is 0 Å². The van der Waals surface area contributed by atoms with Crippen molar-refractivity contribution < 1.29 is 5.11 Å². The molecule has 1 aliphatic heterocycles. The fourth-order valence-electron chi connectivity index (χ4n) is 2.41. The van der Waals surface area contributed by atoms with Gasteiger partial charge in [0.05, 0.1) is 17.8 Å². The first-order chi connectivity index (χ1) is 10.5. The summed E-state index contributed by atoms with van der Waals surface area (Å²) in [6.07, 6.45) is 0. The molecule has 22 heavy (non-hydrogen) atoms. The van der Waals surface area contributed by atoms with Crippen LogP contribution in [0.4, 0.5) is 0 Å². The number of aliphatic hydroxyl groups excluding tert-OH is 1. The molecule has 0 unspecified atom stereocenters. The molecule has 4 nitrogen and oxygen atoms in total. The van der Waals surface area contributed by atoms with Crippen LogP contribution in [0.3, 0.4) is 0 Å². The van der Waals surface area contributed by atoms with Crippen molar-refractivity contribution >= 4 is 38.7 Å². The van der Waals surface area contributed by atoms with Crippen LogP contribution in [0, 0.1) is 5.41 Å². The van der Waals surface area contributed by atoms with Crippen LogP contribution < -0.4 is 0 Å². The molecule has 3 rings (SSSR count). The molecule has 0 saturated heterocycles. The average molecular weight is 378 g/mol. The van der Waals surface area contributed by atoms with Gasteiger partial charge in [-0.1, -0.05) is 28.1 Å². The molecule has 0 bridgehead atoms. The summed E-state index contributed by atoms with van der Waals surface area (Å²) in [5.74, 6) is 0.583. The number of amidine groups is 1. The number of halogens is 1. The van der Waals surface area contributed by atoms with Gasteiger partial charge in [0.1, 0.15) is 16.6 Å². The second-order valence-corrected chi connectivity index (χ2v) is 7.21. The molecule has 0 atom stereocenters. The Hall–Kier alpha value is -1.66. The molecule has 1 aromatic heterocycles. The van der Waals surface area contributed by atoms with Crippen molar-refractivity contribution in [1.29, 1.82) is 5.41 Å². The van der Waals surface area contributed by atoms with Crippen molar-refractivity contribution in [3.63, 3.8) is 0 Å². The van der Waals surface area contributed by atoms with Crippen LogP contribution in [0.15, 0.2) is 39.9 Å². The third-order valence-corrected chi connectivity index (χ3v) is 5.00. The minimum atomic E-state index is 0.179. The van der Waals surface area contributed by atoms with E-state index in [1.807, 2.05) is 48.4 Å². The summed E-state index contributed by atoms with van der Waals surface area (Å²) in [7, 11) is 0. The summed E-state index contributed by atoms with van der Waals surface area (Å²) in [6, 6.07) is 8.12. The van der Waals surface area contributed by atoms with Crippen molar-refractivity contribution in [1.82, 2.24) is 9.88 Å². The second kappa shape index (κ2) is 5.85. The van der Waals surface area contributed by atoms with Gasteiger partial charge in [-0.15, -0.1) is 11.3 Å². The van der Waals surface area contributed by atoms with Crippen molar-refractivity contribution in [3.05, 3.63) is 44.9 Å². The maximum atomic E-state index is 10.2. The van der Waals surface area contributed by atoms with E-state index < -0.39 is 0 Å². The maximum absolute atomic E-state index is 10.2. The number of nitrogens with zero attached hydrogens (tertiary/aromatic N) is 2. The Balaban J connectivity index is 1.93. The van der Waals surface area contributed by atoms with Gasteiger partial charge < -0.3 is 10.0 Å². The highest BCUT2D eigenvalue weighted by Crippen LogP contribution is 2.33. The number of thiazole rings is 1. The normalized spacial score (nSPS) is 15.3. The lowest BCUT2D eigenvalue weighted by molar-refractivity contribution is 0.318. The zero-order valence-corrected chi connectivity index (χ0v) is 14.7. The van der Waals surface area contributed by atoms with Crippen LogP contribution in [0.25, 0.3) is 16.8 Å². The quantitative estimate of drug-likeness (QED) is 0.824. The van der Waals surface area contributed by atoms with Crippen molar-refractivity contribution in [2.24, 2.45) is 0 Å². The van der Waals surface area contributed by atoms with E-state index in [1.165, 1.54) is 11.3 Å². The topological polar surface area (TPSA) is 60.2 Å². The minimum absolute atomic E-state index is 0.179. The average Bonchev–Trinajstić information content (AvgIpc) is 3.04. The third-order valence-electron chi connectivity index (χ3n) is 3.61. The predicted molar refractivity (Wildman–Crippen MR) is 94.4 cm³/mol. The molecular formula is C16H16BrN3OS. The van der Waals surface area contributed by atoms with E-state index in [4.69, 9.17) is 5.41 Å². The highest BCUT2D eigenvalue weighted by atomic mass is 79.9. The lowest BCUT2D eigenvalue weighted by Crippen LogP contribution is -2.33. The highest BCUT2D eigenvalue weighted by Gasteiger charge is 2.31. The molecular weight excluding hydrogens is 362 g/mol. The van der Waals surface area contributed by atoms with Crippen molar-refractivity contribution in [3.8, 4) is 11.3 Å². The molecule has 1 aliphatic rings. The first-order valence-electron chi connectivity index (χ1n) is 6.97. The van der Waals surface area contributed by atoms with E-state index in [1.54, 1.807) is 0 Å². The third kappa shape index (κ3) is 2.68. The van der Waals surface area contributed by atoms with E-state index in [9.17, 15) is 5.11 Å². The predicted octanol–water partition coefficient (Wildman–Crippen LogP) is 4.54. The summed E-state index contributed by atoms with van der Waals surface area (Å²) in [5.41, 5.74) is 2.45. The number of hydrogen-bond acceptors (Lipinski definition) is 4. The number of aliphatic hydroxyl groups is 1. The van der Waals surface area contributed by atoms with Crippen LogP contribution >= 0.6 is 27.3 Å². The molecule has 0 amide bonds. The Bertz CT molecular complexity index is 749. The maximum Gasteiger partial charge on any atom is 0.135 e. The molecule has 0 fully saturated rings. The highest BCUT2D eigenvalue weighted by molar-refractivity contribution is 9.10. The van der Waals surface area contributed by atoms with Gasteiger partial charge in [0, 0.05) is 21.5 Å². The van der Waals surface area contributed by atoms with Crippen molar-refractivity contribution in [2.45, 2.75) is 19.9 Å². The smallest absolute Gasteiger partial charge is 0.135 e. The number of aromatic nitrogens is 1. The Morgan fingerprint density at radius 1 is 1.32 bits per heavy atom. The van der Waals surface area contributed by atoms with E-state index in [2.05, 4.69) is 20.9 Å². The lowest BCUT2D eigenvalue weighted by atomic mass is 10.2. The molecule has 0 saturated carbocycles. The van der Waals surface area contributed by atoms with Gasteiger partial charge in [-0.25, -0.2) is 4.98 Å². The molecule has 2 aromatic rings. The molecule has 114 valence electrons. The number of nitrogens with one attached hydrogen (secondary N) is 1. The SMILES string of the molecule is CC(C)N1CC(O)=C(c2nc(-c3ccc(Br)cc3)cs2)C1=N.